The molecule has 1 aromatic heterocycles. The van der Waals surface area contributed by atoms with Crippen molar-refractivity contribution in [1.29, 1.82) is 0 Å². The van der Waals surface area contributed by atoms with Crippen LogP contribution in [0.15, 0.2) is 12.5 Å². The van der Waals surface area contributed by atoms with Gasteiger partial charge in [-0.3, -0.25) is 24.0 Å². The smallest absolute Gasteiger partial charge is 0.326 e. The number of aromatic nitrogens is 2. The average Bonchev–Trinajstić information content (AvgIpc) is 3.33. The Hall–Kier alpha value is -4.05. The van der Waals surface area contributed by atoms with Gasteiger partial charge in [0.15, 0.2) is 0 Å². The lowest BCUT2D eigenvalue weighted by atomic mass is 10.1. The quantitative estimate of drug-likeness (QED) is 0.0839. The predicted molar refractivity (Wildman–Crippen MR) is 129 cm³/mol. The van der Waals surface area contributed by atoms with Crippen molar-refractivity contribution in [2.45, 2.75) is 69.1 Å². The number of carbonyl (C=O) groups excluding carboxylic acids is 5. The van der Waals surface area contributed by atoms with Crippen molar-refractivity contribution in [3.8, 4) is 0 Å². The van der Waals surface area contributed by atoms with Gasteiger partial charge in [0.25, 0.3) is 0 Å². The van der Waals surface area contributed by atoms with E-state index in [9.17, 15) is 33.9 Å². The summed E-state index contributed by atoms with van der Waals surface area (Å²) in [6.07, 6.45) is 3.03. The van der Waals surface area contributed by atoms with Gasteiger partial charge < -0.3 is 49.0 Å². The summed E-state index contributed by atoms with van der Waals surface area (Å²) in [5.74, 6) is -5.70. The molecule has 0 aromatic carbocycles. The zero-order valence-electron chi connectivity index (χ0n) is 20.3. The maximum Gasteiger partial charge on any atom is 0.326 e. The van der Waals surface area contributed by atoms with Crippen molar-refractivity contribution in [3.63, 3.8) is 0 Å². The Balaban J connectivity index is 3.01. The summed E-state index contributed by atoms with van der Waals surface area (Å²) in [5.41, 5.74) is 22.1. The van der Waals surface area contributed by atoms with Gasteiger partial charge in [-0.25, -0.2) is 9.78 Å². The van der Waals surface area contributed by atoms with Crippen LogP contribution in [0.25, 0.3) is 0 Å². The van der Waals surface area contributed by atoms with Crippen LogP contribution in [0.4, 0.5) is 0 Å². The van der Waals surface area contributed by atoms with Gasteiger partial charge in [0.1, 0.15) is 18.1 Å². The summed E-state index contributed by atoms with van der Waals surface area (Å²) in [4.78, 5) is 79.1. The summed E-state index contributed by atoms with van der Waals surface area (Å²) < 4.78 is 0. The van der Waals surface area contributed by atoms with Crippen LogP contribution in [-0.2, 0) is 35.2 Å². The topological polar surface area (TPSA) is 292 Å². The minimum atomic E-state index is -1.57. The van der Waals surface area contributed by atoms with Crippen LogP contribution < -0.4 is 38.9 Å². The summed E-state index contributed by atoms with van der Waals surface area (Å²) >= 11 is 0. The number of nitrogens with one attached hydrogen (secondary N) is 4. The molecule has 0 spiro atoms. The number of aromatic amines is 1. The molecule has 206 valence electrons. The van der Waals surface area contributed by atoms with Gasteiger partial charge >= 0.3 is 5.97 Å². The number of imidazole rings is 1. The summed E-state index contributed by atoms with van der Waals surface area (Å²) in [7, 11) is 0. The molecule has 16 heteroatoms. The SMILES string of the molecule is NCCCCC(N)C(=O)NC(Cc1cnc[nH]1)C(=O)NC(CC(N)=O)C(=O)NC(CCC(N)=O)C(=O)O. The van der Waals surface area contributed by atoms with E-state index in [1.807, 2.05) is 0 Å². The van der Waals surface area contributed by atoms with Crippen LogP contribution in [-0.4, -0.2) is 81.3 Å². The fourth-order valence-corrected chi connectivity index (χ4v) is 3.24. The number of unbranched alkanes of at least 4 members (excludes halogenated alkanes) is 1. The van der Waals surface area contributed by atoms with E-state index in [0.717, 1.165) is 0 Å². The summed E-state index contributed by atoms with van der Waals surface area (Å²) in [5, 5.41) is 16.3. The molecule has 0 fully saturated rings. The first-order valence-corrected chi connectivity index (χ1v) is 11.6. The van der Waals surface area contributed by atoms with E-state index >= 15 is 0 Å². The molecule has 16 nitrogen and oxygen atoms in total. The monoisotopic (exact) mass is 525 g/mol. The van der Waals surface area contributed by atoms with Crippen molar-refractivity contribution in [2.24, 2.45) is 22.9 Å². The summed E-state index contributed by atoms with van der Waals surface area (Å²) in [6.45, 7) is 0.438. The molecule has 0 aliphatic rings. The first-order chi connectivity index (χ1) is 17.4. The fourth-order valence-electron chi connectivity index (χ4n) is 3.24. The summed E-state index contributed by atoms with van der Waals surface area (Å²) in [6, 6.07) is -5.24. The third-order valence-corrected chi connectivity index (χ3v) is 5.25. The Morgan fingerprint density at radius 1 is 0.892 bits per heavy atom. The first-order valence-electron chi connectivity index (χ1n) is 11.6. The van der Waals surface area contributed by atoms with Crippen molar-refractivity contribution < 1.29 is 33.9 Å². The lowest BCUT2D eigenvalue weighted by molar-refractivity contribution is -0.142. The number of H-pyrrole nitrogens is 1. The predicted octanol–water partition coefficient (Wildman–Crippen LogP) is -3.91. The van der Waals surface area contributed by atoms with Crippen molar-refractivity contribution in [3.05, 3.63) is 18.2 Å². The number of carbonyl (C=O) groups is 6. The van der Waals surface area contributed by atoms with Gasteiger partial charge in [0.2, 0.25) is 29.5 Å². The molecular weight excluding hydrogens is 490 g/mol. The highest BCUT2D eigenvalue weighted by molar-refractivity contribution is 5.96. The van der Waals surface area contributed by atoms with Gasteiger partial charge in [-0.2, -0.15) is 0 Å². The number of aliphatic carboxylic acids is 1. The Morgan fingerprint density at radius 3 is 2.05 bits per heavy atom. The van der Waals surface area contributed by atoms with Gasteiger partial charge in [0.05, 0.1) is 18.8 Å². The average molecular weight is 526 g/mol. The molecule has 0 radical (unpaired) electrons. The van der Waals surface area contributed by atoms with E-state index in [0.29, 0.717) is 31.5 Å². The van der Waals surface area contributed by atoms with Gasteiger partial charge in [0, 0.05) is 24.7 Å². The number of nitrogens with zero attached hydrogens (tertiary/aromatic N) is 1. The Labute approximate surface area is 212 Å². The van der Waals surface area contributed by atoms with E-state index in [1.165, 1.54) is 12.5 Å². The number of primary amides is 2. The largest absolute Gasteiger partial charge is 0.480 e. The third kappa shape index (κ3) is 12.0. The maximum absolute atomic E-state index is 13.1. The van der Waals surface area contributed by atoms with Gasteiger partial charge in [-0.1, -0.05) is 6.42 Å². The molecule has 0 saturated heterocycles. The molecule has 37 heavy (non-hydrogen) atoms. The van der Waals surface area contributed by atoms with E-state index < -0.39 is 66.1 Å². The highest BCUT2D eigenvalue weighted by atomic mass is 16.4. The lowest BCUT2D eigenvalue weighted by Crippen LogP contribution is -2.58. The number of hydrogen-bond acceptors (Lipinski definition) is 9. The Morgan fingerprint density at radius 2 is 1.51 bits per heavy atom. The molecule has 1 rings (SSSR count). The minimum absolute atomic E-state index is 0.0611. The normalized spacial score (nSPS) is 14.0. The Bertz CT molecular complexity index is 939. The second-order valence-corrected chi connectivity index (χ2v) is 8.37. The molecule has 1 aromatic rings. The molecule has 0 bridgehead atoms. The van der Waals surface area contributed by atoms with E-state index in [2.05, 4.69) is 25.9 Å². The second-order valence-electron chi connectivity index (χ2n) is 8.37. The van der Waals surface area contributed by atoms with Crippen molar-refractivity contribution >= 4 is 35.5 Å². The molecule has 4 atom stereocenters. The molecule has 0 aliphatic carbocycles. The first kappa shape index (κ1) is 31.0. The number of rotatable bonds is 18. The van der Waals surface area contributed by atoms with E-state index in [-0.39, 0.29) is 19.3 Å². The van der Waals surface area contributed by atoms with Gasteiger partial charge in [-0.15, -0.1) is 0 Å². The molecule has 1 heterocycles. The highest BCUT2D eigenvalue weighted by Gasteiger charge is 2.31. The molecule has 0 saturated carbocycles. The van der Waals surface area contributed by atoms with Crippen LogP contribution in [0.2, 0.25) is 0 Å². The minimum Gasteiger partial charge on any atom is -0.480 e. The number of carboxylic acid groups (broad SMARTS) is 1. The molecule has 4 unspecified atom stereocenters. The lowest BCUT2D eigenvalue weighted by Gasteiger charge is -2.24. The van der Waals surface area contributed by atoms with E-state index in [1.54, 1.807) is 0 Å². The molecular formula is C21H35N9O7. The van der Waals surface area contributed by atoms with E-state index in [4.69, 9.17) is 22.9 Å². The zero-order valence-corrected chi connectivity index (χ0v) is 20.3. The number of amides is 5. The standard InChI is InChI=1S/C21H35N9O7/c22-6-2-1-3-12(23)18(33)29-14(7-11-9-26-10-27-11)19(34)30-15(8-17(25)32)20(35)28-13(21(36)37)4-5-16(24)31/h9-10,12-15H,1-8,22-23H2,(H2,24,31)(H2,25,32)(H,26,27)(H,28,35)(H,29,33)(H,30,34)(H,36,37). The zero-order chi connectivity index (χ0) is 28.0. The highest BCUT2D eigenvalue weighted by Crippen LogP contribution is 2.05. The molecule has 5 amide bonds. The number of hydrogen-bond donors (Lipinski definition) is 9. The van der Waals surface area contributed by atoms with Crippen LogP contribution in [0.3, 0.4) is 0 Å². The molecule has 13 N–H and O–H groups in total. The van der Waals surface area contributed by atoms with Gasteiger partial charge in [-0.05, 0) is 25.8 Å². The third-order valence-electron chi connectivity index (χ3n) is 5.25. The molecule has 0 aliphatic heterocycles. The Kier molecular flexibility index (Phi) is 13.3. The second kappa shape index (κ2) is 15.8. The fraction of sp³-hybridized carbons (Fsp3) is 0.571. The van der Waals surface area contributed by atoms with Crippen LogP contribution in [0.5, 0.6) is 0 Å². The van der Waals surface area contributed by atoms with Crippen LogP contribution in [0.1, 0.15) is 44.2 Å². The van der Waals surface area contributed by atoms with Crippen molar-refractivity contribution in [2.75, 3.05) is 6.54 Å². The number of nitrogens with two attached hydrogens (primary N) is 4. The van der Waals surface area contributed by atoms with Crippen LogP contribution in [0, 0.1) is 0 Å². The van der Waals surface area contributed by atoms with Crippen molar-refractivity contribution in [1.82, 2.24) is 25.9 Å². The number of carboxylic acids is 1. The van der Waals surface area contributed by atoms with Crippen LogP contribution >= 0.6 is 0 Å². The maximum atomic E-state index is 13.1.